The molecular formula is C25H23N3O4. The lowest BCUT2D eigenvalue weighted by molar-refractivity contribution is -0.117. The van der Waals surface area contributed by atoms with Gasteiger partial charge in [-0.25, -0.2) is 5.43 Å². The number of rotatable bonds is 8. The minimum absolute atomic E-state index is 0.0644. The molecule has 0 atom stereocenters. The van der Waals surface area contributed by atoms with Gasteiger partial charge < -0.3 is 14.8 Å². The molecule has 7 nitrogen and oxygen atoms in total. The third kappa shape index (κ3) is 6.06. The van der Waals surface area contributed by atoms with Gasteiger partial charge in [0.2, 0.25) is 0 Å². The molecule has 0 heterocycles. The monoisotopic (exact) mass is 429 g/mol. The second kappa shape index (κ2) is 11.1. The number of nitrogens with zero attached hydrogens (tertiary/aromatic N) is 1. The fourth-order valence-electron chi connectivity index (χ4n) is 2.82. The highest BCUT2D eigenvalue weighted by Crippen LogP contribution is 2.26. The van der Waals surface area contributed by atoms with Gasteiger partial charge in [-0.05, 0) is 47.5 Å². The maximum absolute atomic E-state index is 12.8. The van der Waals surface area contributed by atoms with E-state index in [9.17, 15) is 9.59 Å². The van der Waals surface area contributed by atoms with Crippen LogP contribution in [0.25, 0.3) is 6.08 Å². The molecular weight excluding hydrogens is 406 g/mol. The van der Waals surface area contributed by atoms with Crippen molar-refractivity contribution in [2.75, 3.05) is 14.2 Å². The van der Waals surface area contributed by atoms with Crippen LogP contribution in [0.15, 0.2) is 89.7 Å². The van der Waals surface area contributed by atoms with Crippen LogP contribution in [-0.4, -0.2) is 32.2 Å². The molecule has 3 rings (SSSR count). The van der Waals surface area contributed by atoms with Crippen LogP contribution in [0.4, 0.5) is 0 Å². The Kier molecular flexibility index (Phi) is 7.75. The van der Waals surface area contributed by atoms with Crippen LogP contribution >= 0.6 is 0 Å². The number of methoxy groups -OCH3 is 2. The van der Waals surface area contributed by atoms with Crippen molar-refractivity contribution in [3.63, 3.8) is 0 Å². The SMILES string of the molecule is COc1ccc(/C=N/NC(=O)/C(=C\c2ccccc2)NC(=O)c2ccccc2)cc1OC. The zero-order valence-electron chi connectivity index (χ0n) is 17.7. The van der Waals surface area contributed by atoms with Crippen LogP contribution in [0.1, 0.15) is 21.5 Å². The van der Waals surface area contributed by atoms with Gasteiger partial charge in [0.1, 0.15) is 5.70 Å². The van der Waals surface area contributed by atoms with Gasteiger partial charge in [0.25, 0.3) is 11.8 Å². The number of benzene rings is 3. The maximum atomic E-state index is 12.8. The molecule has 2 N–H and O–H groups in total. The third-order valence-corrected chi connectivity index (χ3v) is 4.43. The molecule has 7 heteroatoms. The molecule has 0 unspecified atom stereocenters. The van der Waals surface area contributed by atoms with Gasteiger partial charge in [0.05, 0.1) is 20.4 Å². The molecule has 2 amide bonds. The second-order valence-corrected chi connectivity index (χ2v) is 6.60. The van der Waals surface area contributed by atoms with E-state index in [1.54, 1.807) is 55.7 Å². The van der Waals surface area contributed by atoms with E-state index in [4.69, 9.17) is 9.47 Å². The fourth-order valence-corrected chi connectivity index (χ4v) is 2.82. The molecule has 0 aliphatic heterocycles. The first kappa shape index (κ1) is 22.3. The Hall–Kier alpha value is -4.39. The van der Waals surface area contributed by atoms with E-state index in [-0.39, 0.29) is 5.70 Å². The Bertz CT molecular complexity index is 1130. The number of hydrogen-bond acceptors (Lipinski definition) is 5. The van der Waals surface area contributed by atoms with Crippen LogP contribution in [0.5, 0.6) is 11.5 Å². The zero-order chi connectivity index (χ0) is 22.8. The molecule has 0 saturated carbocycles. The first-order valence-electron chi connectivity index (χ1n) is 9.79. The second-order valence-electron chi connectivity index (χ2n) is 6.60. The van der Waals surface area contributed by atoms with Crippen LogP contribution in [0, 0.1) is 0 Å². The standard InChI is InChI=1S/C25H23N3O4/c1-31-22-14-13-19(16-23(22)32-2)17-26-28-25(30)21(15-18-9-5-3-6-10-18)27-24(29)20-11-7-4-8-12-20/h3-17H,1-2H3,(H,27,29)(H,28,30)/b21-15+,26-17+. The van der Waals surface area contributed by atoms with Crippen molar-refractivity contribution in [1.29, 1.82) is 0 Å². The van der Waals surface area contributed by atoms with E-state index in [0.29, 0.717) is 22.6 Å². The Morgan fingerprint density at radius 1 is 0.812 bits per heavy atom. The van der Waals surface area contributed by atoms with Gasteiger partial charge in [-0.2, -0.15) is 5.10 Å². The number of ether oxygens (including phenoxy) is 2. The third-order valence-electron chi connectivity index (χ3n) is 4.43. The minimum atomic E-state index is -0.560. The summed E-state index contributed by atoms with van der Waals surface area (Å²) in [5, 5.41) is 6.67. The summed E-state index contributed by atoms with van der Waals surface area (Å²) >= 11 is 0. The van der Waals surface area contributed by atoms with E-state index in [1.807, 2.05) is 36.4 Å². The largest absolute Gasteiger partial charge is 0.493 e. The summed E-state index contributed by atoms with van der Waals surface area (Å²) in [5.41, 5.74) is 4.41. The van der Waals surface area contributed by atoms with Gasteiger partial charge in [0.15, 0.2) is 11.5 Å². The van der Waals surface area contributed by atoms with Gasteiger partial charge in [0, 0.05) is 5.56 Å². The van der Waals surface area contributed by atoms with Crippen molar-refractivity contribution in [3.05, 3.63) is 101 Å². The molecule has 0 saturated heterocycles. The van der Waals surface area contributed by atoms with Crippen LogP contribution < -0.4 is 20.2 Å². The number of carbonyl (C=O) groups excluding carboxylic acids is 2. The Morgan fingerprint density at radius 2 is 1.47 bits per heavy atom. The zero-order valence-corrected chi connectivity index (χ0v) is 17.7. The quantitative estimate of drug-likeness (QED) is 0.325. The molecule has 32 heavy (non-hydrogen) atoms. The van der Waals surface area contributed by atoms with Gasteiger partial charge in [-0.3, -0.25) is 9.59 Å². The van der Waals surface area contributed by atoms with Crippen LogP contribution in [0.2, 0.25) is 0 Å². The predicted molar refractivity (Wildman–Crippen MR) is 124 cm³/mol. The number of nitrogens with one attached hydrogen (secondary N) is 2. The molecule has 3 aromatic rings. The van der Waals surface area contributed by atoms with Crippen molar-refractivity contribution in [2.24, 2.45) is 5.10 Å². The number of amides is 2. The lowest BCUT2D eigenvalue weighted by atomic mass is 10.1. The van der Waals surface area contributed by atoms with Crippen molar-refractivity contribution in [1.82, 2.24) is 10.7 Å². The first-order chi connectivity index (χ1) is 15.6. The summed E-state index contributed by atoms with van der Waals surface area (Å²) in [4.78, 5) is 25.4. The normalized spacial score (nSPS) is 11.1. The molecule has 0 fully saturated rings. The Morgan fingerprint density at radius 3 is 2.12 bits per heavy atom. The predicted octanol–water partition coefficient (Wildman–Crippen LogP) is 3.63. The van der Waals surface area contributed by atoms with E-state index in [0.717, 1.165) is 5.56 Å². The average Bonchev–Trinajstić information content (AvgIpc) is 2.84. The first-order valence-corrected chi connectivity index (χ1v) is 9.79. The van der Waals surface area contributed by atoms with E-state index >= 15 is 0 Å². The fraction of sp³-hybridized carbons (Fsp3) is 0.0800. The number of carbonyl (C=O) groups is 2. The summed E-state index contributed by atoms with van der Waals surface area (Å²) in [6.45, 7) is 0. The lowest BCUT2D eigenvalue weighted by Gasteiger charge is -2.09. The molecule has 0 aromatic heterocycles. The average molecular weight is 429 g/mol. The summed E-state index contributed by atoms with van der Waals surface area (Å²) in [6, 6.07) is 23.1. The van der Waals surface area contributed by atoms with Gasteiger partial charge in [-0.15, -0.1) is 0 Å². The topological polar surface area (TPSA) is 89.0 Å². The highest BCUT2D eigenvalue weighted by Gasteiger charge is 2.14. The molecule has 0 aliphatic rings. The lowest BCUT2D eigenvalue weighted by Crippen LogP contribution is -2.32. The molecule has 0 radical (unpaired) electrons. The van der Waals surface area contributed by atoms with E-state index in [1.165, 1.54) is 13.3 Å². The Labute approximate surface area is 186 Å². The van der Waals surface area contributed by atoms with Gasteiger partial charge >= 0.3 is 0 Å². The summed E-state index contributed by atoms with van der Waals surface area (Å²) in [5.74, 6) is 0.176. The summed E-state index contributed by atoms with van der Waals surface area (Å²) in [7, 11) is 3.09. The van der Waals surface area contributed by atoms with Crippen LogP contribution in [0.3, 0.4) is 0 Å². The maximum Gasteiger partial charge on any atom is 0.287 e. The van der Waals surface area contributed by atoms with E-state index < -0.39 is 11.8 Å². The smallest absolute Gasteiger partial charge is 0.287 e. The van der Waals surface area contributed by atoms with Crippen LogP contribution in [-0.2, 0) is 4.79 Å². The van der Waals surface area contributed by atoms with Crippen molar-refractivity contribution in [2.45, 2.75) is 0 Å². The van der Waals surface area contributed by atoms with Crippen molar-refractivity contribution in [3.8, 4) is 11.5 Å². The Balaban J connectivity index is 1.77. The highest BCUT2D eigenvalue weighted by atomic mass is 16.5. The highest BCUT2D eigenvalue weighted by molar-refractivity contribution is 6.05. The van der Waals surface area contributed by atoms with Crippen molar-refractivity contribution < 1.29 is 19.1 Å². The number of hydrogen-bond donors (Lipinski definition) is 2. The molecule has 3 aromatic carbocycles. The van der Waals surface area contributed by atoms with E-state index in [2.05, 4.69) is 15.8 Å². The number of hydrazone groups is 1. The molecule has 162 valence electrons. The summed E-state index contributed by atoms with van der Waals surface area (Å²) < 4.78 is 10.5. The molecule has 0 aliphatic carbocycles. The van der Waals surface area contributed by atoms with Crippen molar-refractivity contribution >= 4 is 24.1 Å². The summed E-state index contributed by atoms with van der Waals surface area (Å²) in [6.07, 6.45) is 3.06. The molecule has 0 bridgehead atoms. The van der Waals surface area contributed by atoms with Gasteiger partial charge in [-0.1, -0.05) is 48.5 Å². The minimum Gasteiger partial charge on any atom is -0.493 e. The molecule has 0 spiro atoms.